The van der Waals surface area contributed by atoms with Crippen molar-refractivity contribution in [3.8, 4) is 11.8 Å². The fourth-order valence-electron chi connectivity index (χ4n) is 2.18. The summed E-state index contributed by atoms with van der Waals surface area (Å²) in [6.45, 7) is -0.307. The highest BCUT2D eigenvalue weighted by atomic mass is 19.1. The molecule has 102 valence electrons. The van der Waals surface area contributed by atoms with E-state index in [0.29, 0.717) is 11.3 Å². The van der Waals surface area contributed by atoms with Crippen molar-refractivity contribution >= 4 is 0 Å². The maximum atomic E-state index is 13.7. The number of methoxy groups -OCH3 is 1. The Labute approximate surface area is 109 Å². The summed E-state index contributed by atoms with van der Waals surface area (Å²) >= 11 is 0. The first-order valence-electron chi connectivity index (χ1n) is 5.82. The molecule has 1 aliphatic rings. The molecule has 2 N–H and O–H groups in total. The van der Waals surface area contributed by atoms with E-state index in [1.165, 1.54) is 19.2 Å². The van der Waals surface area contributed by atoms with Crippen LogP contribution in [0.1, 0.15) is 23.7 Å². The molecular formula is C13H14FNO4. The molecule has 1 fully saturated rings. The molecule has 5 nitrogen and oxygen atoms in total. The average molecular weight is 267 g/mol. The van der Waals surface area contributed by atoms with Crippen molar-refractivity contribution in [1.29, 1.82) is 5.26 Å². The summed E-state index contributed by atoms with van der Waals surface area (Å²) in [6, 6.07) is 4.20. The second-order valence-corrected chi connectivity index (χ2v) is 4.33. The summed E-state index contributed by atoms with van der Waals surface area (Å²) in [6.07, 6.45) is -1.82. The van der Waals surface area contributed by atoms with Crippen molar-refractivity contribution in [1.82, 2.24) is 0 Å². The lowest BCUT2D eigenvalue weighted by atomic mass is 10.0. The molecule has 0 radical (unpaired) electrons. The van der Waals surface area contributed by atoms with Crippen LogP contribution in [0, 0.1) is 17.1 Å². The Hall–Kier alpha value is -1.68. The van der Waals surface area contributed by atoms with Crippen molar-refractivity contribution in [3.05, 3.63) is 29.1 Å². The summed E-state index contributed by atoms with van der Waals surface area (Å²) in [5, 5.41) is 27.5. The van der Waals surface area contributed by atoms with Crippen LogP contribution in [0.2, 0.25) is 0 Å². The molecule has 2 rings (SSSR count). The number of benzene rings is 1. The van der Waals surface area contributed by atoms with E-state index in [0.717, 1.165) is 0 Å². The van der Waals surface area contributed by atoms with Gasteiger partial charge in [-0.2, -0.15) is 5.26 Å². The highest BCUT2D eigenvalue weighted by Crippen LogP contribution is 2.38. The van der Waals surface area contributed by atoms with Crippen LogP contribution in [0.25, 0.3) is 0 Å². The Morgan fingerprint density at radius 2 is 2.32 bits per heavy atom. The maximum absolute atomic E-state index is 13.7. The molecule has 1 unspecified atom stereocenters. The minimum Gasteiger partial charge on any atom is -0.496 e. The maximum Gasteiger partial charge on any atom is 0.141 e. The van der Waals surface area contributed by atoms with Crippen LogP contribution < -0.4 is 4.74 Å². The van der Waals surface area contributed by atoms with Crippen molar-refractivity contribution in [3.63, 3.8) is 0 Å². The Morgan fingerprint density at radius 1 is 1.58 bits per heavy atom. The van der Waals surface area contributed by atoms with Gasteiger partial charge in [-0.1, -0.05) is 0 Å². The summed E-state index contributed by atoms with van der Waals surface area (Å²) < 4.78 is 24.2. The molecule has 6 heteroatoms. The minimum absolute atomic E-state index is 0.113. The minimum atomic E-state index is -0.807. The van der Waals surface area contributed by atoms with Crippen molar-refractivity contribution in [2.24, 2.45) is 0 Å². The van der Waals surface area contributed by atoms with Gasteiger partial charge in [0.15, 0.2) is 0 Å². The third kappa shape index (κ3) is 2.54. The smallest absolute Gasteiger partial charge is 0.141 e. The molecule has 0 aliphatic carbocycles. The van der Waals surface area contributed by atoms with Gasteiger partial charge in [0.05, 0.1) is 31.5 Å². The average Bonchev–Trinajstić information content (AvgIpc) is 2.79. The van der Waals surface area contributed by atoms with Gasteiger partial charge in [0.1, 0.15) is 23.7 Å². The number of nitriles is 1. The highest BCUT2D eigenvalue weighted by molar-refractivity contribution is 5.45. The van der Waals surface area contributed by atoms with Crippen molar-refractivity contribution in [2.45, 2.75) is 24.7 Å². The summed E-state index contributed by atoms with van der Waals surface area (Å²) in [5.41, 5.74) is 0.312. The predicted octanol–water partition coefficient (Wildman–Crippen LogP) is 0.889. The van der Waals surface area contributed by atoms with Crippen LogP contribution in [0.15, 0.2) is 12.1 Å². The van der Waals surface area contributed by atoms with Gasteiger partial charge in [0.25, 0.3) is 0 Å². The normalized spacial score (nSPS) is 26.2. The standard InChI is InChI=1S/C13H14FNO4/c1-18-11-2-7(5-15)9(14)3-8(11)12-4-10(17)13(6-16)19-12/h2-3,10,12-13,16-17H,4,6H2,1H3/t10?,12-,13-/m1/s1. The largest absolute Gasteiger partial charge is 0.496 e. The molecule has 3 atom stereocenters. The number of hydrogen-bond donors (Lipinski definition) is 2. The molecular weight excluding hydrogens is 253 g/mol. The molecule has 1 heterocycles. The number of ether oxygens (including phenoxy) is 2. The van der Waals surface area contributed by atoms with Crippen molar-refractivity contribution in [2.75, 3.05) is 13.7 Å². The quantitative estimate of drug-likeness (QED) is 0.849. The molecule has 1 aliphatic heterocycles. The number of hydrogen-bond acceptors (Lipinski definition) is 5. The predicted molar refractivity (Wildman–Crippen MR) is 63.0 cm³/mol. The van der Waals surface area contributed by atoms with Crippen LogP contribution in [0.5, 0.6) is 5.75 Å². The molecule has 0 saturated carbocycles. The van der Waals surface area contributed by atoms with Gasteiger partial charge in [0.2, 0.25) is 0 Å². The molecule has 1 aromatic rings. The van der Waals surface area contributed by atoms with E-state index in [2.05, 4.69) is 0 Å². The second-order valence-electron chi connectivity index (χ2n) is 4.33. The van der Waals surface area contributed by atoms with Crippen molar-refractivity contribution < 1.29 is 24.1 Å². The molecule has 1 aromatic carbocycles. The van der Waals surface area contributed by atoms with E-state index in [1.807, 2.05) is 0 Å². The Kier molecular flexibility index (Phi) is 4.00. The van der Waals surface area contributed by atoms with Gasteiger partial charge in [-0.25, -0.2) is 4.39 Å². The second kappa shape index (κ2) is 5.53. The number of halogens is 1. The van der Waals surface area contributed by atoms with Crippen LogP contribution in [0.4, 0.5) is 4.39 Å². The van der Waals surface area contributed by atoms with Gasteiger partial charge in [0, 0.05) is 18.1 Å². The lowest BCUT2D eigenvalue weighted by Gasteiger charge is -2.16. The summed E-state index contributed by atoms with van der Waals surface area (Å²) in [7, 11) is 1.41. The number of aliphatic hydroxyl groups is 2. The van der Waals surface area contributed by atoms with Gasteiger partial charge in [-0.3, -0.25) is 0 Å². The number of nitrogens with zero attached hydrogens (tertiary/aromatic N) is 1. The van der Waals surface area contributed by atoms with Gasteiger partial charge in [-0.05, 0) is 6.07 Å². The molecule has 0 amide bonds. The molecule has 0 spiro atoms. The van der Waals surface area contributed by atoms with Crippen LogP contribution in [-0.2, 0) is 4.74 Å². The van der Waals surface area contributed by atoms with Gasteiger partial charge < -0.3 is 19.7 Å². The SMILES string of the molecule is COc1cc(C#N)c(F)cc1[C@H]1CC(O)[C@@H](CO)O1. The Bertz CT molecular complexity index is 514. The van der Waals surface area contributed by atoms with E-state index in [1.54, 1.807) is 6.07 Å². The van der Waals surface area contributed by atoms with E-state index in [4.69, 9.17) is 19.8 Å². The van der Waals surface area contributed by atoms with Crippen LogP contribution in [-0.4, -0.2) is 36.1 Å². The van der Waals surface area contributed by atoms with E-state index in [9.17, 15) is 9.50 Å². The zero-order valence-corrected chi connectivity index (χ0v) is 10.3. The van der Waals surface area contributed by atoms with Crippen LogP contribution >= 0.6 is 0 Å². The molecule has 19 heavy (non-hydrogen) atoms. The molecule has 0 aromatic heterocycles. The monoisotopic (exact) mass is 267 g/mol. The van der Waals surface area contributed by atoms with E-state index in [-0.39, 0.29) is 18.6 Å². The van der Waals surface area contributed by atoms with Gasteiger partial charge in [-0.15, -0.1) is 0 Å². The third-order valence-electron chi connectivity index (χ3n) is 3.19. The van der Waals surface area contributed by atoms with E-state index < -0.39 is 24.1 Å². The number of rotatable bonds is 3. The topological polar surface area (TPSA) is 82.7 Å². The number of aliphatic hydroxyl groups excluding tert-OH is 2. The van der Waals surface area contributed by atoms with Crippen LogP contribution in [0.3, 0.4) is 0 Å². The fraction of sp³-hybridized carbons (Fsp3) is 0.462. The zero-order chi connectivity index (χ0) is 14.0. The lowest BCUT2D eigenvalue weighted by Crippen LogP contribution is -2.24. The first kappa shape index (κ1) is 13.7. The lowest BCUT2D eigenvalue weighted by molar-refractivity contribution is -0.0231. The Morgan fingerprint density at radius 3 is 2.84 bits per heavy atom. The Balaban J connectivity index is 2.35. The molecule has 0 bridgehead atoms. The first-order chi connectivity index (χ1) is 9.10. The zero-order valence-electron chi connectivity index (χ0n) is 10.3. The fourth-order valence-corrected chi connectivity index (χ4v) is 2.18. The first-order valence-corrected chi connectivity index (χ1v) is 5.82. The molecule has 1 saturated heterocycles. The van der Waals surface area contributed by atoms with E-state index >= 15 is 0 Å². The third-order valence-corrected chi connectivity index (χ3v) is 3.19. The summed E-state index contributed by atoms with van der Waals surface area (Å²) in [4.78, 5) is 0. The highest BCUT2D eigenvalue weighted by Gasteiger charge is 2.36. The van der Waals surface area contributed by atoms with Gasteiger partial charge >= 0.3 is 0 Å². The summed E-state index contributed by atoms with van der Waals surface area (Å²) in [5.74, 6) is -0.336.